The normalized spacial score (nSPS) is 13.4. The summed E-state index contributed by atoms with van der Waals surface area (Å²) in [4.78, 5) is 39.6. The van der Waals surface area contributed by atoms with Crippen molar-refractivity contribution in [3.8, 4) is 0 Å². The molecule has 1 saturated carbocycles. The van der Waals surface area contributed by atoms with Gasteiger partial charge in [0.25, 0.3) is 5.91 Å². The van der Waals surface area contributed by atoms with Crippen LogP contribution in [-0.4, -0.2) is 51.5 Å². The lowest BCUT2D eigenvalue weighted by Crippen LogP contribution is -2.43. The molecule has 1 aliphatic carbocycles. The van der Waals surface area contributed by atoms with Crippen molar-refractivity contribution in [2.75, 3.05) is 18.4 Å². The number of primary amides is 1. The van der Waals surface area contributed by atoms with Crippen LogP contribution in [0.4, 0.5) is 10.1 Å². The van der Waals surface area contributed by atoms with Gasteiger partial charge in [-0.25, -0.2) is 4.39 Å². The molecule has 0 unspecified atom stereocenters. The molecule has 1 fully saturated rings. The van der Waals surface area contributed by atoms with Crippen molar-refractivity contribution in [2.24, 2.45) is 11.1 Å². The van der Waals surface area contributed by atoms with E-state index in [0.29, 0.717) is 10.9 Å². The van der Waals surface area contributed by atoms with Crippen LogP contribution in [0.5, 0.6) is 0 Å². The number of halogens is 2. The minimum absolute atomic E-state index is 0.0221. The van der Waals surface area contributed by atoms with Gasteiger partial charge in [-0.2, -0.15) is 5.10 Å². The van der Waals surface area contributed by atoms with E-state index in [0.717, 1.165) is 31.5 Å². The van der Waals surface area contributed by atoms with Crippen LogP contribution in [0.15, 0.2) is 36.4 Å². The lowest BCUT2D eigenvalue weighted by atomic mass is 9.92. The number of nitrogens with two attached hydrogens (primary N) is 1. The minimum Gasteiger partial charge on any atom is -0.385 e. The Morgan fingerprint density at radius 1 is 1.21 bits per heavy atom. The average Bonchev–Trinajstić information content (AvgIpc) is 3.64. The number of fused-ring (bicyclic) bond motifs is 1. The van der Waals surface area contributed by atoms with Gasteiger partial charge in [-0.3, -0.25) is 19.1 Å². The first-order valence-electron chi connectivity index (χ1n) is 13.0. The van der Waals surface area contributed by atoms with Gasteiger partial charge >= 0.3 is 0 Å². The minimum atomic E-state index is -0.690. The summed E-state index contributed by atoms with van der Waals surface area (Å²) < 4.78 is 15.6. The average molecular weight is 557 g/mol. The smallest absolute Gasteiger partial charge is 0.269 e. The van der Waals surface area contributed by atoms with E-state index < -0.39 is 17.6 Å². The van der Waals surface area contributed by atoms with E-state index >= 15 is 0 Å². The maximum absolute atomic E-state index is 14.1. The number of carbonyl (C=O) groups is 3. The fourth-order valence-electron chi connectivity index (χ4n) is 4.29. The number of aromatic nitrogens is 2. The highest BCUT2D eigenvalue weighted by molar-refractivity contribution is 6.30. The highest BCUT2D eigenvalue weighted by Gasteiger charge is 2.34. The number of benzene rings is 2. The zero-order valence-electron chi connectivity index (χ0n) is 22.4. The zero-order chi connectivity index (χ0) is 28.3. The maximum Gasteiger partial charge on any atom is 0.269 e. The molecule has 1 aromatic heterocycles. The topological polar surface area (TPSA) is 122 Å². The first-order valence-corrected chi connectivity index (χ1v) is 13.3. The van der Waals surface area contributed by atoms with Crippen molar-refractivity contribution >= 4 is 45.9 Å². The summed E-state index contributed by atoms with van der Waals surface area (Å²) in [6.45, 7) is 6.88. The van der Waals surface area contributed by atoms with Crippen molar-refractivity contribution < 1.29 is 18.8 Å². The predicted molar refractivity (Wildman–Crippen MR) is 149 cm³/mol. The first-order chi connectivity index (χ1) is 18.4. The monoisotopic (exact) mass is 556 g/mol. The number of nitrogens with zero attached hydrogens (tertiary/aromatic N) is 3. The first kappa shape index (κ1) is 28.4. The van der Waals surface area contributed by atoms with Crippen LogP contribution in [0.1, 0.15) is 56.1 Å². The van der Waals surface area contributed by atoms with Gasteiger partial charge in [-0.1, -0.05) is 44.5 Å². The van der Waals surface area contributed by atoms with Crippen LogP contribution >= 0.6 is 11.6 Å². The molecular weight excluding hydrogens is 523 g/mol. The molecule has 208 valence electrons. The number of hydrogen-bond acceptors (Lipinski definition) is 5. The van der Waals surface area contributed by atoms with Crippen LogP contribution < -0.4 is 16.4 Å². The molecule has 0 radical (unpaired) electrons. The Labute approximate surface area is 231 Å². The van der Waals surface area contributed by atoms with E-state index in [1.54, 1.807) is 12.1 Å². The fraction of sp³-hybridized carbons (Fsp3) is 0.429. The Bertz CT molecular complexity index is 1400. The molecule has 3 aromatic rings. The Hall–Kier alpha value is -3.66. The molecule has 2 aromatic carbocycles. The van der Waals surface area contributed by atoms with Gasteiger partial charge in [-0.15, -0.1) is 0 Å². The number of carbonyl (C=O) groups excluding carboxylic acids is 3. The van der Waals surface area contributed by atoms with E-state index in [9.17, 15) is 18.8 Å². The molecule has 0 spiro atoms. The zero-order valence-corrected chi connectivity index (χ0v) is 23.1. The van der Waals surface area contributed by atoms with Crippen molar-refractivity contribution in [2.45, 2.75) is 59.2 Å². The van der Waals surface area contributed by atoms with Crippen LogP contribution in [-0.2, 0) is 22.7 Å². The van der Waals surface area contributed by atoms with Crippen LogP contribution in [0, 0.1) is 11.2 Å². The van der Waals surface area contributed by atoms with Crippen LogP contribution in [0.3, 0.4) is 0 Å². The molecular formula is C28H34ClFN6O3. The predicted octanol–water partition coefficient (Wildman–Crippen LogP) is 4.08. The highest BCUT2D eigenvalue weighted by atomic mass is 35.5. The molecule has 3 amide bonds. The summed E-state index contributed by atoms with van der Waals surface area (Å²) in [5.41, 5.74) is 7.53. The molecule has 0 saturated heterocycles. The molecule has 11 heteroatoms. The molecule has 0 aliphatic heterocycles. The SMILES string of the molecule is CC(C)(C)CCNc1ccc2c(c1)c(C(N)=O)nn2CC(=O)N(CC(=O)NCc1cccc(Cl)c1F)C1CC1. The van der Waals surface area contributed by atoms with E-state index in [1.165, 1.54) is 21.7 Å². The van der Waals surface area contributed by atoms with E-state index in [1.807, 2.05) is 12.1 Å². The summed E-state index contributed by atoms with van der Waals surface area (Å²) >= 11 is 5.81. The maximum atomic E-state index is 14.1. The third-order valence-electron chi connectivity index (χ3n) is 6.60. The number of hydrogen-bond donors (Lipinski definition) is 3. The second-order valence-corrected chi connectivity index (χ2v) is 11.5. The molecule has 0 atom stereocenters. The van der Waals surface area contributed by atoms with Crippen LogP contribution in [0.25, 0.3) is 10.9 Å². The molecule has 4 N–H and O–H groups in total. The molecule has 0 bridgehead atoms. The number of anilines is 1. The van der Waals surface area contributed by atoms with E-state index in [-0.39, 0.29) is 53.3 Å². The number of rotatable bonds is 11. The lowest BCUT2D eigenvalue weighted by Gasteiger charge is -2.22. The summed E-state index contributed by atoms with van der Waals surface area (Å²) in [6.07, 6.45) is 2.54. The second kappa shape index (κ2) is 11.6. The Morgan fingerprint density at radius 3 is 2.62 bits per heavy atom. The second-order valence-electron chi connectivity index (χ2n) is 11.1. The van der Waals surface area contributed by atoms with Gasteiger partial charge in [0.1, 0.15) is 12.4 Å². The summed E-state index contributed by atoms with van der Waals surface area (Å²) in [5.74, 6) is -2.00. The summed E-state index contributed by atoms with van der Waals surface area (Å²) in [7, 11) is 0. The third kappa shape index (κ3) is 7.26. The summed E-state index contributed by atoms with van der Waals surface area (Å²) in [5, 5.41) is 10.9. The Morgan fingerprint density at radius 2 is 1.95 bits per heavy atom. The third-order valence-corrected chi connectivity index (χ3v) is 6.89. The summed E-state index contributed by atoms with van der Waals surface area (Å²) in [6, 6.07) is 10.0. The Kier molecular flexibility index (Phi) is 8.44. The molecule has 39 heavy (non-hydrogen) atoms. The van der Waals surface area contributed by atoms with Crippen molar-refractivity contribution in [3.63, 3.8) is 0 Å². The van der Waals surface area contributed by atoms with Gasteiger partial charge in [0, 0.05) is 35.8 Å². The van der Waals surface area contributed by atoms with Gasteiger partial charge in [0.2, 0.25) is 11.8 Å². The molecule has 4 rings (SSSR count). The molecule has 9 nitrogen and oxygen atoms in total. The number of amides is 3. The highest BCUT2D eigenvalue weighted by Crippen LogP contribution is 2.28. The van der Waals surface area contributed by atoms with Gasteiger partial charge in [0.05, 0.1) is 17.1 Å². The number of nitrogens with one attached hydrogen (secondary N) is 2. The van der Waals surface area contributed by atoms with Gasteiger partial charge in [-0.05, 0) is 48.9 Å². The van der Waals surface area contributed by atoms with Crippen molar-refractivity contribution in [3.05, 3.63) is 58.5 Å². The fourth-order valence-corrected chi connectivity index (χ4v) is 4.48. The largest absolute Gasteiger partial charge is 0.385 e. The van der Waals surface area contributed by atoms with Crippen molar-refractivity contribution in [1.82, 2.24) is 20.0 Å². The standard InChI is InChI=1S/C28H34ClFN6O3/c1-28(2,3)11-12-32-18-7-10-22-20(13-18)26(27(31)39)34-36(22)16-24(38)35(19-8-9-19)15-23(37)33-14-17-5-4-6-21(29)25(17)30/h4-7,10,13,19,32H,8-9,11-12,14-16H2,1-3H3,(H2,31,39)(H,33,37). The van der Waals surface area contributed by atoms with E-state index in [4.69, 9.17) is 17.3 Å². The quantitative estimate of drug-likeness (QED) is 0.328. The van der Waals surface area contributed by atoms with Crippen molar-refractivity contribution in [1.29, 1.82) is 0 Å². The van der Waals surface area contributed by atoms with E-state index in [2.05, 4.69) is 36.5 Å². The van der Waals surface area contributed by atoms with Gasteiger partial charge < -0.3 is 21.3 Å². The molecule has 1 heterocycles. The Balaban J connectivity index is 1.45. The van der Waals surface area contributed by atoms with Crippen LogP contribution in [0.2, 0.25) is 5.02 Å². The molecule has 1 aliphatic rings. The van der Waals surface area contributed by atoms with Gasteiger partial charge in [0.15, 0.2) is 5.69 Å². The lowest BCUT2D eigenvalue weighted by molar-refractivity contribution is -0.137.